The van der Waals surface area contributed by atoms with E-state index in [0.717, 1.165) is 12.8 Å². The van der Waals surface area contributed by atoms with Crippen LogP contribution in [0.3, 0.4) is 0 Å². The Balaban J connectivity index is 3.01. The molecule has 3 amide bonds. The smallest absolute Gasteiger partial charge is 0.257 e. The second-order valence-electron chi connectivity index (χ2n) is 7.17. The zero-order valence-corrected chi connectivity index (χ0v) is 15.6. The van der Waals surface area contributed by atoms with Crippen molar-refractivity contribution in [3.63, 3.8) is 0 Å². The van der Waals surface area contributed by atoms with Crippen molar-refractivity contribution in [2.45, 2.75) is 72.4 Å². The Morgan fingerprint density at radius 1 is 1.29 bits per heavy atom. The van der Waals surface area contributed by atoms with Crippen LogP contribution < -0.4 is 5.32 Å². The Morgan fingerprint density at radius 3 is 2.38 bits per heavy atom. The number of amides is 3. The molecule has 6 heteroatoms. The molecule has 24 heavy (non-hydrogen) atoms. The normalized spacial score (nSPS) is 19.1. The third kappa shape index (κ3) is 4.58. The molecule has 1 aliphatic heterocycles. The van der Waals surface area contributed by atoms with Crippen LogP contribution in [0.5, 0.6) is 0 Å². The molecule has 1 N–H and O–H groups in total. The molecule has 0 aliphatic carbocycles. The van der Waals surface area contributed by atoms with Gasteiger partial charge >= 0.3 is 0 Å². The lowest BCUT2D eigenvalue weighted by Gasteiger charge is -2.30. The van der Waals surface area contributed by atoms with E-state index in [0.29, 0.717) is 18.6 Å². The van der Waals surface area contributed by atoms with Crippen molar-refractivity contribution in [2.75, 3.05) is 7.11 Å². The van der Waals surface area contributed by atoms with Gasteiger partial charge in [0.05, 0.1) is 13.2 Å². The van der Waals surface area contributed by atoms with Gasteiger partial charge in [0, 0.05) is 11.5 Å². The average Bonchev–Trinajstić information content (AvgIpc) is 2.81. The Labute approximate surface area is 144 Å². The minimum atomic E-state index is -0.699. The molecule has 1 heterocycles. The first-order valence-electron chi connectivity index (χ1n) is 8.60. The largest absolute Gasteiger partial charge is 0.499 e. The summed E-state index contributed by atoms with van der Waals surface area (Å²) in [7, 11) is 1.50. The number of hydrogen-bond donors (Lipinski definition) is 1. The molecule has 0 aromatic carbocycles. The molecule has 1 aliphatic rings. The SMILES string of the molecule is CCC[C@H](NC(=O)C(C)(C)C)C(=O)N1C(=O)C=C(OC)[C@@H]1CCC. The first kappa shape index (κ1) is 20.2. The zero-order valence-electron chi connectivity index (χ0n) is 15.6. The first-order chi connectivity index (χ1) is 11.2. The summed E-state index contributed by atoms with van der Waals surface area (Å²) in [4.78, 5) is 38.8. The van der Waals surface area contributed by atoms with Crippen LogP contribution >= 0.6 is 0 Å². The van der Waals surface area contributed by atoms with E-state index in [-0.39, 0.29) is 23.8 Å². The molecule has 0 aromatic heterocycles. The number of nitrogens with zero attached hydrogens (tertiary/aromatic N) is 1. The van der Waals surface area contributed by atoms with Gasteiger partial charge in [-0.05, 0) is 12.8 Å². The summed E-state index contributed by atoms with van der Waals surface area (Å²) in [5.41, 5.74) is -0.597. The highest BCUT2D eigenvalue weighted by atomic mass is 16.5. The van der Waals surface area contributed by atoms with Gasteiger partial charge in [-0.2, -0.15) is 0 Å². The molecule has 2 atom stereocenters. The lowest BCUT2D eigenvalue weighted by atomic mass is 9.94. The Hall–Kier alpha value is -1.85. The molecule has 0 fully saturated rings. The summed E-state index contributed by atoms with van der Waals surface area (Å²) >= 11 is 0. The number of nitrogens with one attached hydrogen (secondary N) is 1. The minimum absolute atomic E-state index is 0.201. The van der Waals surface area contributed by atoms with Crippen LogP contribution in [0.25, 0.3) is 0 Å². The maximum atomic E-state index is 13.0. The van der Waals surface area contributed by atoms with Crippen LogP contribution in [0, 0.1) is 5.41 Å². The average molecular weight is 338 g/mol. The van der Waals surface area contributed by atoms with E-state index < -0.39 is 11.5 Å². The second-order valence-corrected chi connectivity index (χ2v) is 7.17. The number of imide groups is 1. The fraction of sp³-hybridized carbons (Fsp3) is 0.722. The highest BCUT2D eigenvalue weighted by Crippen LogP contribution is 2.26. The second kappa shape index (κ2) is 8.31. The first-order valence-corrected chi connectivity index (χ1v) is 8.60. The standard InChI is InChI=1S/C18H30N2O4/c1-7-9-12(19-17(23)18(3,4)5)16(22)20-13(10-8-2)14(24-6)11-15(20)21/h11-13H,7-10H2,1-6H3,(H,19,23)/t12-,13-/m0/s1. The molecule has 1 rings (SSSR count). The van der Waals surface area contributed by atoms with Crippen LogP contribution in [0.1, 0.15) is 60.3 Å². The Morgan fingerprint density at radius 2 is 1.92 bits per heavy atom. The van der Waals surface area contributed by atoms with Crippen LogP contribution in [0.2, 0.25) is 0 Å². The molecule has 0 aromatic rings. The molecule has 136 valence electrons. The maximum absolute atomic E-state index is 13.0. The van der Waals surface area contributed by atoms with Gasteiger partial charge in [0.2, 0.25) is 5.91 Å². The summed E-state index contributed by atoms with van der Waals surface area (Å²) < 4.78 is 5.26. The van der Waals surface area contributed by atoms with Crippen molar-refractivity contribution < 1.29 is 19.1 Å². The van der Waals surface area contributed by atoms with E-state index in [4.69, 9.17) is 4.74 Å². The lowest BCUT2D eigenvalue weighted by Crippen LogP contribution is -2.53. The van der Waals surface area contributed by atoms with Crippen molar-refractivity contribution in [2.24, 2.45) is 5.41 Å². The number of carbonyl (C=O) groups is 3. The Bertz CT molecular complexity index is 520. The fourth-order valence-corrected chi connectivity index (χ4v) is 2.66. The molecule has 0 bridgehead atoms. The highest BCUT2D eigenvalue weighted by Gasteiger charge is 2.41. The van der Waals surface area contributed by atoms with Gasteiger partial charge in [-0.1, -0.05) is 47.5 Å². The quantitative estimate of drug-likeness (QED) is 0.773. The molecular formula is C18H30N2O4. The highest BCUT2D eigenvalue weighted by molar-refractivity contribution is 6.06. The molecule has 6 nitrogen and oxygen atoms in total. The van der Waals surface area contributed by atoms with Crippen molar-refractivity contribution in [1.29, 1.82) is 0 Å². The van der Waals surface area contributed by atoms with Gasteiger partial charge in [0.25, 0.3) is 11.8 Å². The Kier molecular flexibility index (Phi) is 6.99. The predicted molar refractivity (Wildman–Crippen MR) is 91.9 cm³/mol. The summed E-state index contributed by atoms with van der Waals surface area (Å²) in [6.45, 7) is 9.31. The summed E-state index contributed by atoms with van der Waals surface area (Å²) in [5.74, 6) is -0.428. The van der Waals surface area contributed by atoms with E-state index in [9.17, 15) is 14.4 Å². The van der Waals surface area contributed by atoms with Crippen molar-refractivity contribution in [1.82, 2.24) is 10.2 Å². The van der Waals surface area contributed by atoms with Gasteiger partial charge in [0.15, 0.2) is 0 Å². The third-order valence-corrected chi connectivity index (χ3v) is 4.04. The number of methoxy groups -OCH3 is 1. The van der Waals surface area contributed by atoms with E-state index in [1.807, 2.05) is 13.8 Å². The predicted octanol–water partition coefficient (Wildman–Crippen LogP) is 2.39. The fourth-order valence-electron chi connectivity index (χ4n) is 2.66. The van der Waals surface area contributed by atoms with Crippen molar-refractivity contribution in [3.8, 4) is 0 Å². The summed E-state index contributed by atoms with van der Waals surface area (Å²) in [5, 5.41) is 2.80. The van der Waals surface area contributed by atoms with E-state index in [2.05, 4.69) is 5.32 Å². The minimum Gasteiger partial charge on any atom is -0.499 e. The van der Waals surface area contributed by atoms with Crippen molar-refractivity contribution in [3.05, 3.63) is 11.8 Å². The van der Waals surface area contributed by atoms with Crippen molar-refractivity contribution >= 4 is 17.7 Å². The third-order valence-electron chi connectivity index (χ3n) is 4.04. The topological polar surface area (TPSA) is 75.7 Å². The van der Waals surface area contributed by atoms with Crippen LogP contribution in [-0.4, -0.2) is 41.8 Å². The van der Waals surface area contributed by atoms with Crippen LogP contribution in [0.4, 0.5) is 0 Å². The molecule has 0 saturated carbocycles. The van der Waals surface area contributed by atoms with Crippen LogP contribution in [0.15, 0.2) is 11.8 Å². The van der Waals surface area contributed by atoms with E-state index >= 15 is 0 Å². The molecule has 0 radical (unpaired) electrons. The molecule has 0 saturated heterocycles. The number of ether oxygens (including phenoxy) is 1. The summed E-state index contributed by atoms with van der Waals surface area (Å²) in [6.07, 6.45) is 4.04. The lowest BCUT2D eigenvalue weighted by molar-refractivity contribution is -0.147. The molecule has 0 spiro atoms. The van der Waals surface area contributed by atoms with E-state index in [1.54, 1.807) is 20.8 Å². The van der Waals surface area contributed by atoms with Gasteiger partial charge in [0.1, 0.15) is 11.8 Å². The number of hydrogen-bond acceptors (Lipinski definition) is 4. The molecular weight excluding hydrogens is 308 g/mol. The zero-order chi connectivity index (χ0) is 18.5. The van der Waals surface area contributed by atoms with Gasteiger partial charge in [-0.15, -0.1) is 0 Å². The summed E-state index contributed by atoms with van der Waals surface area (Å²) in [6, 6.07) is -1.08. The maximum Gasteiger partial charge on any atom is 0.257 e. The van der Waals surface area contributed by atoms with Gasteiger partial charge in [-0.3, -0.25) is 19.3 Å². The number of rotatable bonds is 7. The van der Waals surface area contributed by atoms with E-state index in [1.165, 1.54) is 18.1 Å². The van der Waals surface area contributed by atoms with Gasteiger partial charge < -0.3 is 10.1 Å². The molecule has 0 unspecified atom stereocenters. The monoisotopic (exact) mass is 338 g/mol. The number of carbonyl (C=O) groups excluding carboxylic acids is 3. The van der Waals surface area contributed by atoms with Gasteiger partial charge in [-0.25, -0.2) is 0 Å². The van der Waals surface area contributed by atoms with Crippen LogP contribution in [-0.2, 0) is 19.1 Å².